The number of aryl methyl sites for hydroxylation is 1. The molecule has 1 aromatic rings. The van der Waals surface area contributed by atoms with Crippen LogP contribution in [-0.4, -0.2) is 23.9 Å². The van der Waals surface area contributed by atoms with Crippen LogP contribution in [0.3, 0.4) is 0 Å². The zero-order valence-corrected chi connectivity index (χ0v) is 13.1. The van der Waals surface area contributed by atoms with E-state index in [1.54, 1.807) is 26.0 Å². The molecule has 2 rings (SSSR count). The summed E-state index contributed by atoms with van der Waals surface area (Å²) in [5.41, 5.74) is 0.418. The molecular weight excluding hydrogens is 299 g/mol. The molecule has 1 heterocycles. The number of nitrogens with zero attached hydrogens (tertiary/aromatic N) is 1. The van der Waals surface area contributed by atoms with Gasteiger partial charge in [-0.1, -0.05) is 23.2 Å². The maximum absolute atomic E-state index is 12.6. The van der Waals surface area contributed by atoms with E-state index in [1.165, 1.54) is 4.90 Å². The van der Waals surface area contributed by atoms with Crippen LogP contribution in [0.4, 0.5) is 5.69 Å². The number of amides is 2. The summed E-state index contributed by atoms with van der Waals surface area (Å²) in [7, 11) is 0. The van der Waals surface area contributed by atoms with Gasteiger partial charge in [-0.2, -0.15) is 0 Å². The van der Waals surface area contributed by atoms with Crippen LogP contribution in [-0.2, 0) is 9.59 Å². The summed E-state index contributed by atoms with van der Waals surface area (Å²) >= 11 is 12.3. The van der Waals surface area contributed by atoms with E-state index in [0.717, 1.165) is 5.56 Å². The lowest BCUT2D eigenvalue weighted by molar-refractivity contribution is -0.128. The molecule has 2 amide bonds. The number of carbonyl (C=O) groups excluding carboxylic acids is 2. The number of benzene rings is 1. The van der Waals surface area contributed by atoms with E-state index in [0.29, 0.717) is 15.7 Å². The molecule has 1 fully saturated rings. The topological polar surface area (TPSA) is 49.4 Å². The van der Waals surface area contributed by atoms with Gasteiger partial charge in [0.15, 0.2) is 0 Å². The summed E-state index contributed by atoms with van der Waals surface area (Å²) in [6, 6.07) is 3.39. The predicted octanol–water partition coefficient (Wildman–Crippen LogP) is 2.93. The fourth-order valence-electron chi connectivity index (χ4n) is 2.19. The maximum atomic E-state index is 12.6. The summed E-state index contributed by atoms with van der Waals surface area (Å²) in [5.74, 6) is -0.356. The van der Waals surface area contributed by atoms with Crippen LogP contribution in [0.15, 0.2) is 12.1 Å². The Morgan fingerprint density at radius 3 is 2.50 bits per heavy atom. The van der Waals surface area contributed by atoms with Gasteiger partial charge in [-0.05, 0) is 38.5 Å². The number of nitrogens with one attached hydrogen (secondary N) is 1. The minimum atomic E-state index is -0.964. The van der Waals surface area contributed by atoms with Gasteiger partial charge in [-0.3, -0.25) is 9.59 Å². The first kappa shape index (κ1) is 15.1. The lowest BCUT2D eigenvalue weighted by atomic mass is 10.0. The highest BCUT2D eigenvalue weighted by molar-refractivity contribution is 6.36. The molecule has 0 unspecified atom stereocenters. The molecular formula is C14H16Cl2N2O2. The van der Waals surface area contributed by atoms with Gasteiger partial charge in [0.1, 0.15) is 5.54 Å². The van der Waals surface area contributed by atoms with E-state index in [-0.39, 0.29) is 24.8 Å². The summed E-state index contributed by atoms with van der Waals surface area (Å²) in [5, 5.41) is 3.70. The zero-order chi connectivity index (χ0) is 15.1. The minimum absolute atomic E-state index is 0.153. The van der Waals surface area contributed by atoms with Crippen molar-refractivity contribution < 1.29 is 9.59 Å². The molecule has 0 saturated carbocycles. The van der Waals surface area contributed by atoms with Gasteiger partial charge in [0.25, 0.3) is 5.91 Å². The third kappa shape index (κ3) is 2.76. The van der Waals surface area contributed by atoms with Crippen molar-refractivity contribution in [3.05, 3.63) is 27.7 Å². The van der Waals surface area contributed by atoms with E-state index in [1.807, 2.05) is 6.92 Å². The fraction of sp³-hybridized carbons (Fsp3) is 0.429. The van der Waals surface area contributed by atoms with E-state index in [4.69, 9.17) is 23.2 Å². The average molecular weight is 315 g/mol. The van der Waals surface area contributed by atoms with Gasteiger partial charge in [-0.25, -0.2) is 0 Å². The molecule has 0 aromatic heterocycles. The second-order valence-corrected chi connectivity index (χ2v) is 6.25. The predicted molar refractivity (Wildman–Crippen MR) is 80.4 cm³/mol. The molecule has 0 aliphatic carbocycles. The van der Waals surface area contributed by atoms with Gasteiger partial charge < -0.3 is 10.2 Å². The van der Waals surface area contributed by atoms with Crippen molar-refractivity contribution in [2.45, 2.75) is 32.7 Å². The van der Waals surface area contributed by atoms with Crippen molar-refractivity contribution in [2.75, 3.05) is 11.4 Å². The molecule has 6 heteroatoms. The normalized spacial score (nSPS) is 18.8. The van der Waals surface area contributed by atoms with Crippen LogP contribution < -0.4 is 10.2 Å². The quantitative estimate of drug-likeness (QED) is 0.866. The molecule has 1 aliphatic rings. The largest absolute Gasteiger partial charge is 0.342 e. The van der Waals surface area contributed by atoms with Crippen LogP contribution >= 0.6 is 23.2 Å². The molecule has 4 nitrogen and oxygen atoms in total. The highest BCUT2D eigenvalue weighted by Crippen LogP contribution is 2.33. The molecule has 1 N–H and O–H groups in total. The third-order valence-corrected chi connectivity index (χ3v) is 4.02. The zero-order valence-electron chi connectivity index (χ0n) is 11.6. The van der Waals surface area contributed by atoms with Crippen molar-refractivity contribution in [3.8, 4) is 0 Å². The SMILES string of the molecule is Cc1cc(Cl)c(N2CCC(=O)NC(C)(C)C2=O)cc1Cl. The van der Waals surface area contributed by atoms with E-state index in [2.05, 4.69) is 5.32 Å². The smallest absolute Gasteiger partial charge is 0.252 e. The van der Waals surface area contributed by atoms with Gasteiger partial charge >= 0.3 is 0 Å². The Bertz CT molecular complexity index is 585. The molecule has 1 aliphatic heterocycles. The van der Waals surface area contributed by atoms with Gasteiger partial charge in [-0.15, -0.1) is 0 Å². The Kier molecular flexibility index (Phi) is 3.98. The second-order valence-electron chi connectivity index (χ2n) is 5.43. The summed E-state index contributed by atoms with van der Waals surface area (Å²) in [6.45, 7) is 5.48. The molecule has 1 saturated heterocycles. The lowest BCUT2D eigenvalue weighted by Crippen LogP contribution is -2.53. The average Bonchev–Trinajstić information content (AvgIpc) is 2.43. The molecule has 0 bridgehead atoms. The molecule has 20 heavy (non-hydrogen) atoms. The molecule has 108 valence electrons. The highest BCUT2D eigenvalue weighted by atomic mass is 35.5. The summed E-state index contributed by atoms with van der Waals surface area (Å²) in [4.78, 5) is 25.8. The van der Waals surface area contributed by atoms with Crippen molar-refractivity contribution in [1.82, 2.24) is 5.32 Å². The van der Waals surface area contributed by atoms with Crippen LogP contribution in [0.2, 0.25) is 10.0 Å². The molecule has 0 spiro atoms. The second kappa shape index (κ2) is 5.26. The summed E-state index contributed by atoms with van der Waals surface area (Å²) < 4.78 is 0. The van der Waals surface area contributed by atoms with Crippen molar-refractivity contribution in [2.24, 2.45) is 0 Å². The van der Waals surface area contributed by atoms with Crippen molar-refractivity contribution in [3.63, 3.8) is 0 Å². The molecule has 0 atom stereocenters. The van der Waals surface area contributed by atoms with Gasteiger partial charge in [0.05, 0.1) is 10.7 Å². The van der Waals surface area contributed by atoms with Gasteiger partial charge in [0.2, 0.25) is 5.91 Å². The van der Waals surface area contributed by atoms with Crippen LogP contribution in [0.1, 0.15) is 25.8 Å². The number of anilines is 1. The molecule has 1 aromatic carbocycles. The lowest BCUT2D eigenvalue weighted by Gasteiger charge is -2.29. The fourth-order valence-corrected chi connectivity index (χ4v) is 2.67. The highest BCUT2D eigenvalue weighted by Gasteiger charge is 2.37. The Balaban J connectivity index is 2.48. The monoisotopic (exact) mass is 314 g/mol. The Morgan fingerprint density at radius 2 is 1.85 bits per heavy atom. The van der Waals surface area contributed by atoms with E-state index >= 15 is 0 Å². The van der Waals surface area contributed by atoms with Crippen molar-refractivity contribution >= 4 is 40.7 Å². The van der Waals surface area contributed by atoms with Crippen LogP contribution in [0.25, 0.3) is 0 Å². The standard InChI is InChI=1S/C14H16Cl2N2O2/c1-8-6-10(16)11(7-9(8)15)18-5-4-12(19)17-14(2,3)13(18)20/h6-7H,4-5H2,1-3H3,(H,17,19). The first-order chi connectivity index (χ1) is 9.22. The van der Waals surface area contributed by atoms with E-state index < -0.39 is 5.54 Å². The number of hydrogen-bond donors (Lipinski definition) is 1. The summed E-state index contributed by atoms with van der Waals surface area (Å²) in [6.07, 6.45) is 0.233. The third-order valence-electron chi connectivity index (χ3n) is 3.31. The number of carbonyl (C=O) groups is 2. The Hall–Kier alpha value is -1.26. The minimum Gasteiger partial charge on any atom is -0.342 e. The van der Waals surface area contributed by atoms with Crippen molar-refractivity contribution in [1.29, 1.82) is 0 Å². The van der Waals surface area contributed by atoms with Gasteiger partial charge in [0, 0.05) is 18.0 Å². The number of rotatable bonds is 1. The Morgan fingerprint density at radius 1 is 1.20 bits per heavy atom. The maximum Gasteiger partial charge on any atom is 0.252 e. The molecule has 0 radical (unpaired) electrons. The first-order valence-corrected chi connectivity index (χ1v) is 7.06. The number of halogens is 2. The number of hydrogen-bond acceptors (Lipinski definition) is 2. The Labute approximate surface area is 128 Å². The van der Waals surface area contributed by atoms with Crippen LogP contribution in [0.5, 0.6) is 0 Å². The van der Waals surface area contributed by atoms with E-state index in [9.17, 15) is 9.59 Å². The first-order valence-electron chi connectivity index (χ1n) is 6.31. The van der Waals surface area contributed by atoms with Crippen LogP contribution in [0, 0.1) is 6.92 Å².